The number of rotatable bonds is 2. The summed E-state index contributed by atoms with van der Waals surface area (Å²) in [4.78, 5) is 16.7. The number of hydrogen-bond acceptors (Lipinski definition) is 3. The molecular formula is C12H12ClNO3. The molecule has 0 radical (unpaired) electrons. The molecular weight excluding hydrogens is 242 g/mol. The fraction of sp³-hybridized carbons (Fsp3) is 0.250. The van der Waals surface area contributed by atoms with Crippen LogP contribution in [0.5, 0.6) is 5.75 Å². The number of hydrogen-bond donors (Lipinski definition) is 0. The molecule has 0 saturated heterocycles. The van der Waals surface area contributed by atoms with E-state index in [9.17, 15) is 4.79 Å². The molecule has 4 nitrogen and oxygen atoms in total. The first-order valence-corrected chi connectivity index (χ1v) is 5.44. The minimum atomic E-state index is -0.224. The molecule has 1 aromatic rings. The summed E-state index contributed by atoms with van der Waals surface area (Å²) < 4.78 is 5.48. The zero-order chi connectivity index (χ0) is 12.4. The summed E-state index contributed by atoms with van der Waals surface area (Å²) in [5, 5.41) is 1.77. The van der Waals surface area contributed by atoms with Crippen LogP contribution in [0.1, 0.15) is 5.56 Å². The molecule has 17 heavy (non-hydrogen) atoms. The van der Waals surface area contributed by atoms with Crippen LogP contribution in [0.2, 0.25) is 5.02 Å². The zero-order valence-corrected chi connectivity index (χ0v) is 10.3. The van der Waals surface area contributed by atoms with E-state index in [0.717, 1.165) is 16.4 Å². The number of halogens is 1. The fourth-order valence-corrected chi connectivity index (χ4v) is 1.74. The lowest BCUT2D eigenvalue weighted by Gasteiger charge is -2.20. The van der Waals surface area contributed by atoms with E-state index in [2.05, 4.69) is 0 Å². The van der Waals surface area contributed by atoms with Crippen LogP contribution in [0.4, 0.5) is 0 Å². The molecule has 0 N–H and O–H groups in total. The van der Waals surface area contributed by atoms with Gasteiger partial charge < -0.3 is 4.74 Å². The van der Waals surface area contributed by atoms with Gasteiger partial charge in [-0.2, -0.15) is 0 Å². The van der Waals surface area contributed by atoms with Crippen LogP contribution in [-0.2, 0) is 9.63 Å². The highest BCUT2D eigenvalue weighted by Gasteiger charge is 2.20. The number of hydroxylamine groups is 2. The Morgan fingerprint density at radius 1 is 1.53 bits per heavy atom. The summed E-state index contributed by atoms with van der Waals surface area (Å²) in [6.07, 6.45) is 1.77. The Bertz CT molecular complexity index is 485. The van der Waals surface area contributed by atoms with E-state index in [4.69, 9.17) is 21.2 Å². The molecule has 0 atom stereocenters. The van der Waals surface area contributed by atoms with Gasteiger partial charge in [0.05, 0.1) is 12.7 Å². The average molecular weight is 254 g/mol. The first-order chi connectivity index (χ1) is 8.11. The topological polar surface area (TPSA) is 38.8 Å². The molecule has 0 unspecified atom stereocenters. The van der Waals surface area contributed by atoms with Crippen molar-refractivity contribution in [2.24, 2.45) is 0 Å². The highest BCUT2D eigenvalue weighted by molar-refractivity contribution is 6.30. The van der Waals surface area contributed by atoms with E-state index >= 15 is 0 Å². The van der Waals surface area contributed by atoms with Gasteiger partial charge in [0.15, 0.2) is 0 Å². The number of nitrogens with zero attached hydrogens (tertiary/aromatic N) is 1. The molecule has 0 saturated carbocycles. The van der Waals surface area contributed by atoms with Crippen molar-refractivity contribution in [3.8, 4) is 5.75 Å². The molecule has 1 amide bonds. The number of amides is 1. The Morgan fingerprint density at radius 2 is 2.29 bits per heavy atom. The van der Waals surface area contributed by atoms with Gasteiger partial charge in [0.1, 0.15) is 12.4 Å². The third kappa shape index (κ3) is 2.43. The van der Waals surface area contributed by atoms with Gasteiger partial charge in [-0.3, -0.25) is 9.63 Å². The van der Waals surface area contributed by atoms with Gasteiger partial charge in [-0.25, -0.2) is 5.06 Å². The van der Waals surface area contributed by atoms with Crippen LogP contribution in [0.15, 0.2) is 23.8 Å². The van der Waals surface area contributed by atoms with Crippen LogP contribution < -0.4 is 4.74 Å². The normalized spacial score (nSPS) is 13.5. The SMILES string of the molecule is CON(C)C(=O)C1=Cc2cc(Cl)ccc2OC1. The second-order valence-electron chi connectivity index (χ2n) is 3.63. The van der Waals surface area contributed by atoms with Crippen molar-refractivity contribution in [1.29, 1.82) is 0 Å². The van der Waals surface area contributed by atoms with E-state index in [1.165, 1.54) is 7.11 Å². The summed E-state index contributed by atoms with van der Waals surface area (Å²) in [6, 6.07) is 5.30. The van der Waals surface area contributed by atoms with E-state index < -0.39 is 0 Å². The molecule has 2 rings (SSSR count). The summed E-state index contributed by atoms with van der Waals surface area (Å²) >= 11 is 5.89. The minimum absolute atomic E-state index is 0.224. The molecule has 0 aliphatic carbocycles. The second kappa shape index (κ2) is 4.77. The lowest BCUT2D eigenvalue weighted by atomic mass is 10.1. The van der Waals surface area contributed by atoms with Crippen molar-refractivity contribution in [1.82, 2.24) is 5.06 Å². The molecule has 5 heteroatoms. The predicted molar refractivity (Wildman–Crippen MR) is 64.7 cm³/mol. The van der Waals surface area contributed by atoms with Crippen LogP contribution in [0, 0.1) is 0 Å². The number of fused-ring (bicyclic) bond motifs is 1. The lowest BCUT2D eigenvalue weighted by molar-refractivity contribution is -0.164. The van der Waals surface area contributed by atoms with Crippen molar-refractivity contribution in [2.75, 3.05) is 20.8 Å². The van der Waals surface area contributed by atoms with Gasteiger partial charge in [-0.1, -0.05) is 11.6 Å². The molecule has 1 heterocycles. The summed E-state index contributed by atoms with van der Waals surface area (Å²) in [6.45, 7) is 0.237. The summed E-state index contributed by atoms with van der Waals surface area (Å²) in [7, 11) is 2.99. The number of benzene rings is 1. The van der Waals surface area contributed by atoms with Crippen molar-refractivity contribution in [2.45, 2.75) is 0 Å². The van der Waals surface area contributed by atoms with E-state index in [1.807, 2.05) is 0 Å². The first kappa shape index (κ1) is 12.0. The van der Waals surface area contributed by atoms with Crippen LogP contribution in [-0.4, -0.2) is 31.7 Å². The molecule has 1 aliphatic heterocycles. The second-order valence-corrected chi connectivity index (χ2v) is 4.06. The molecule has 0 aromatic heterocycles. The molecule has 0 bridgehead atoms. The Balaban J connectivity index is 2.31. The zero-order valence-electron chi connectivity index (χ0n) is 9.57. The van der Waals surface area contributed by atoms with Gasteiger partial charge in [0.25, 0.3) is 5.91 Å². The Hall–Kier alpha value is -1.52. The maximum atomic E-state index is 11.8. The highest BCUT2D eigenvalue weighted by atomic mass is 35.5. The quantitative estimate of drug-likeness (QED) is 0.758. The molecule has 0 fully saturated rings. The fourth-order valence-electron chi connectivity index (χ4n) is 1.56. The molecule has 1 aliphatic rings. The van der Waals surface area contributed by atoms with E-state index in [1.54, 1.807) is 31.3 Å². The highest BCUT2D eigenvalue weighted by Crippen LogP contribution is 2.29. The Kier molecular flexibility index (Phi) is 3.36. The maximum Gasteiger partial charge on any atom is 0.276 e. The Labute approximate surface area is 104 Å². The monoisotopic (exact) mass is 253 g/mol. The lowest BCUT2D eigenvalue weighted by Crippen LogP contribution is -2.30. The van der Waals surface area contributed by atoms with Crippen molar-refractivity contribution < 1.29 is 14.4 Å². The third-order valence-corrected chi connectivity index (χ3v) is 2.75. The minimum Gasteiger partial charge on any atom is -0.488 e. The smallest absolute Gasteiger partial charge is 0.276 e. The van der Waals surface area contributed by atoms with Gasteiger partial charge in [-0.15, -0.1) is 0 Å². The van der Waals surface area contributed by atoms with Crippen molar-refractivity contribution >= 4 is 23.6 Å². The van der Waals surface area contributed by atoms with Gasteiger partial charge in [0.2, 0.25) is 0 Å². The number of likely N-dealkylation sites (N-methyl/N-ethyl adjacent to an activating group) is 1. The van der Waals surface area contributed by atoms with E-state index in [0.29, 0.717) is 10.6 Å². The molecule has 90 valence electrons. The largest absolute Gasteiger partial charge is 0.488 e. The van der Waals surface area contributed by atoms with Gasteiger partial charge in [-0.05, 0) is 24.3 Å². The van der Waals surface area contributed by atoms with Crippen LogP contribution in [0.3, 0.4) is 0 Å². The maximum absolute atomic E-state index is 11.8. The third-order valence-electron chi connectivity index (χ3n) is 2.52. The first-order valence-electron chi connectivity index (χ1n) is 5.07. The van der Waals surface area contributed by atoms with Crippen LogP contribution in [0.25, 0.3) is 6.08 Å². The standard InChI is InChI=1S/C12H12ClNO3/c1-14(16-2)12(15)9-5-8-6-10(13)3-4-11(8)17-7-9/h3-6H,7H2,1-2H3. The van der Waals surface area contributed by atoms with E-state index in [-0.39, 0.29) is 12.5 Å². The predicted octanol–water partition coefficient (Wildman–Crippen LogP) is 2.14. The van der Waals surface area contributed by atoms with Crippen molar-refractivity contribution in [3.05, 3.63) is 34.4 Å². The van der Waals surface area contributed by atoms with Crippen LogP contribution >= 0.6 is 11.6 Å². The van der Waals surface area contributed by atoms with Gasteiger partial charge >= 0.3 is 0 Å². The number of carbonyl (C=O) groups is 1. The molecule has 0 spiro atoms. The Morgan fingerprint density at radius 3 is 3.00 bits per heavy atom. The number of carbonyl (C=O) groups excluding carboxylic acids is 1. The number of ether oxygens (including phenoxy) is 1. The summed E-state index contributed by atoms with van der Waals surface area (Å²) in [5.41, 5.74) is 1.33. The average Bonchev–Trinajstić information content (AvgIpc) is 2.36. The van der Waals surface area contributed by atoms with Gasteiger partial charge in [0, 0.05) is 17.6 Å². The van der Waals surface area contributed by atoms with Crippen molar-refractivity contribution in [3.63, 3.8) is 0 Å². The molecule has 1 aromatic carbocycles. The summed E-state index contributed by atoms with van der Waals surface area (Å²) in [5.74, 6) is 0.504.